The van der Waals surface area contributed by atoms with Gasteiger partial charge in [-0.25, -0.2) is 4.39 Å². The molecule has 2 unspecified atom stereocenters. The third kappa shape index (κ3) is 3.50. The number of nitrogens with one attached hydrogen (secondary N) is 1. The first-order valence-electron chi connectivity index (χ1n) is 6.91. The van der Waals surface area contributed by atoms with E-state index in [0.29, 0.717) is 6.04 Å². The quantitative estimate of drug-likeness (QED) is 0.914. The summed E-state index contributed by atoms with van der Waals surface area (Å²) in [6, 6.07) is 6.24. The lowest BCUT2D eigenvalue weighted by Crippen LogP contribution is -2.47. The van der Waals surface area contributed by atoms with Crippen LogP contribution in [0.3, 0.4) is 0 Å². The van der Waals surface area contributed by atoms with E-state index < -0.39 is 0 Å². The Morgan fingerprint density at radius 2 is 2.32 bits per heavy atom. The van der Waals surface area contributed by atoms with Crippen molar-refractivity contribution in [2.75, 3.05) is 31.6 Å². The van der Waals surface area contributed by atoms with Crippen LogP contribution in [0.1, 0.15) is 24.1 Å². The van der Waals surface area contributed by atoms with Gasteiger partial charge in [0.05, 0.1) is 0 Å². The maximum atomic E-state index is 13.4. The largest absolute Gasteiger partial charge is 0.309 e. The van der Waals surface area contributed by atoms with Gasteiger partial charge in [-0.2, -0.15) is 11.8 Å². The molecule has 19 heavy (non-hydrogen) atoms. The normalized spacial score (nSPS) is 22.4. The van der Waals surface area contributed by atoms with Gasteiger partial charge in [-0.3, -0.25) is 4.90 Å². The summed E-state index contributed by atoms with van der Waals surface area (Å²) < 4.78 is 13.4. The first-order valence-corrected chi connectivity index (χ1v) is 8.06. The molecule has 1 aromatic carbocycles. The average molecular weight is 282 g/mol. The van der Waals surface area contributed by atoms with E-state index >= 15 is 0 Å². The van der Waals surface area contributed by atoms with Gasteiger partial charge in [0, 0.05) is 30.1 Å². The number of hydrogen-bond acceptors (Lipinski definition) is 3. The van der Waals surface area contributed by atoms with Crippen LogP contribution >= 0.6 is 11.8 Å². The summed E-state index contributed by atoms with van der Waals surface area (Å²) in [6.45, 7) is 6.01. The molecule has 1 aromatic rings. The summed E-state index contributed by atoms with van der Waals surface area (Å²) in [7, 11) is 2.19. The van der Waals surface area contributed by atoms with Crippen molar-refractivity contribution in [2.24, 2.45) is 0 Å². The van der Waals surface area contributed by atoms with E-state index in [1.807, 2.05) is 30.8 Å². The molecule has 0 bridgehead atoms. The molecule has 0 saturated carbocycles. The van der Waals surface area contributed by atoms with Gasteiger partial charge >= 0.3 is 0 Å². The predicted molar refractivity (Wildman–Crippen MR) is 81.3 cm³/mol. The minimum atomic E-state index is -0.120. The maximum absolute atomic E-state index is 13.4. The van der Waals surface area contributed by atoms with E-state index in [-0.39, 0.29) is 11.9 Å². The average Bonchev–Trinajstić information content (AvgIpc) is 2.40. The Morgan fingerprint density at radius 3 is 2.95 bits per heavy atom. The molecule has 2 atom stereocenters. The first-order chi connectivity index (χ1) is 9.13. The Balaban J connectivity index is 2.25. The lowest BCUT2D eigenvalue weighted by Gasteiger charge is -2.38. The van der Waals surface area contributed by atoms with Crippen LogP contribution in [0.4, 0.5) is 4.39 Å². The smallest absolute Gasteiger partial charge is 0.126 e. The highest BCUT2D eigenvalue weighted by molar-refractivity contribution is 7.99. The Kier molecular flexibility index (Phi) is 5.25. The van der Waals surface area contributed by atoms with Crippen LogP contribution in [-0.2, 0) is 0 Å². The standard InChI is InChI=1S/C15H23FN2S/c1-4-17-15(14-10-19-8-7-18(14)3)12-5-6-13(16)11(2)9-12/h5-6,9,14-15,17H,4,7-8,10H2,1-3H3. The molecule has 106 valence electrons. The van der Waals surface area contributed by atoms with Gasteiger partial charge < -0.3 is 5.32 Å². The van der Waals surface area contributed by atoms with Crippen LogP contribution in [0.25, 0.3) is 0 Å². The second kappa shape index (κ2) is 6.73. The molecule has 0 spiro atoms. The molecular formula is C15H23FN2S. The van der Waals surface area contributed by atoms with Gasteiger partial charge in [-0.15, -0.1) is 0 Å². The van der Waals surface area contributed by atoms with Gasteiger partial charge in [0.25, 0.3) is 0 Å². The summed E-state index contributed by atoms with van der Waals surface area (Å²) in [4.78, 5) is 2.42. The van der Waals surface area contributed by atoms with Crippen molar-refractivity contribution in [2.45, 2.75) is 25.9 Å². The maximum Gasteiger partial charge on any atom is 0.126 e. The minimum absolute atomic E-state index is 0.120. The van der Waals surface area contributed by atoms with Crippen LogP contribution in [0.2, 0.25) is 0 Å². The molecule has 2 rings (SSSR count). The van der Waals surface area contributed by atoms with E-state index in [1.165, 1.54) is 11.3 Å². The Bertz CT molecular complexity index is 425. The zero-order chi connectivity index (χ0) is 13.8. The first kappa shape index (κ1) is 14.8. The third-order valence-electron chi connectivity index (χ3n) is 3.79. The highest BCUT2D eigenvalue weighted by Gasteiger charge is 2.28. The van der Waals surface area contributed by atoms with Crippen molar-refractivity contribution < 1.29 is 4.39 Å². The highest BCUT2D eigenvalue weighted by atomic mass is 32.2. The second-order valence-electron chi connectivity index (χ2n) is 5.17. The SMILES string of the molecule is CCNC(c1ccc(F)c(C)c1)C1CSCCN1C. The number of halogens is 1. The molecule has 1 aliphatic heterocycles. The molecule has 4 heteroatoms. The molecule has 0 aromatic heterocycles. The molecule has 0 amide bonds. The van der Waals surface area contributed by atoms with Gasteiger partial charge in [0.2, 0.25) is 0 Å². The molecule has 1 saturated heterocycles. The fourth-order valence-corrected chi connectivity index (χ4v) is 3.89. The monoisotopic (exact) mass is 282 g/mol. The Hall–Kier alpha value is -0.580. The Morgan fingerprint density at radius 1 is 1.53 bits per heavy atom. The summed E-state index contributed by atoms with van der Waals surface area (Å²) in [5, 5.41) is 3.57. The molecule has 1 heterocycles. The topological polar surface area (TPSA) is 15.3 Å². The van der Waals surface area contributed by atoms with Crippen LogP contribution < -0.4 is 5.32 Å². The zero-order valence-electron chi connectivity index (χ0n) is 11.9. The number of rotatable bonds is 4. The molecule has 0 aliphatic carbocycles. The fraction of sp³-hybridized carbons (Fsp3) is 0.600. The number of nitrogens with zero attached hydrogens (tertiary/aromatic N) is 1. The van der Waals surface area contributed by atoms with E-state index in [0.717, 1.165) is 24.4 Å². The third-order valence-corrected chi connectivity index (χ3v) is 4.84. The van der Waals surface area contributed by atoms with E-state index in [2.05, 4.69) is 24.2 Å². The lowest BCUT2D eigenvalue weighted by molar-refractivity contribution is 0.217. The number of hydrogen-bond donors (Lipinski definition) is 1. The lowest BCUT2D eigenvalue weighted by atomic mass is 9.97. The summed E-state index contributed by atoms with van der Waals surface area (Å²) in [5.41, 5.74) is 1.92. The fourth-order valence-electron chi connectivity index (χ4n) is 2.61. The zero-order valence-corrected chi connectivity index (χ0v) is 12.8. The van der Waals surface area contributed by atoms with Crippen molar-refractivity contribution in [3.63, 3.8) is 0 Å². The Labute approximate surface area is 119 Å². The number of benzene rings is 1. The van der Waals surface area contributed by atoms with Crippen molar-refractivity contribution in [1.29, 1.82) is 0 Å². The van der Waals surface area contributed by atoms with Crippen molar-refractivity contribution in [3.8, 4) is 0 Å². The van der Waals surface area contributed by atoms with Gasteiger partial charge in [0.15, 0.2) is 0 Å². The van der Waals surface area contributed by atoms with Crippen molar-refractivity contribution in [1.82, 2.24) is 10.2 Å². The van der Waals surface area contributed by atoms with E-state index in [4.69, 9.17) is 0 Å². The second-order valence-corrected chi connectivity index (χ2v) is 6.32. The molecular weight excluding hydrogens is 259 g/mol. The van der Waals surface area contributed by atoms with Gasteiger partial charge in [-0.05, 0) is 37.7 Å². The van der Waals surface area contributed by atoms with Crippen molar-refractivity contribution in [3.05, 3.63) is 35.1 Å². The summed E-state index contributed by atoms with van der Waals surface area (Å²) in [5.74, 6) is 2.21. The van der Waals surface area contributed by atoms with Crippen molar-refractivity contribution >= 4 is 11.8 Å². The number of likely N-dealkylation sites (N-methyl/N-ethyl adjacent to an activating group) is 2. The number of aryl methyl sites for hydroxylation is 1. The van der Waals surface area contributed by atoms with Gasteiger partial charge in [-0.1, -0.05) is 19.1 Å². The molecule has 0 radical (unpaired) electrons. The van der Waals surface area contributed by atoms with E-state index in [1.54, 1.807) is 6.07 Å². The minimum Gasteiger partial charge on any atom is -0.309 e. The van der Waals surface area contributed by atoms with Crippen LogP contribution in [-0.4, -0.2) is 42.6 Å². The van der Waals surface area contributed by atoms with Crippen LogP contribution in [0.5, 0.6) is 0 Å². The number of thioether (sulfide) groups is 1. The highest BCUT2D eigenvalue weighted by Crippen LogP contribution is 2.27. The van der Waals surface area contributed by atoms with Crippen LogP contribution in [0, 0.1) is 12.7 Å². The molecule has 1 fully saturated rings. The summed E-state index contributed by atoms with van der Waals surface area (Å²) >= 11 is 2.01. The molecule has 2 nitrogen and oxygen atoms in total. The van der Waals surface area contributed by atoms with Crippen LogP contribution in [0.15, 0.2) is 18.2 Å². The van der Waals surface area contributed by atoms with Gasteiger partial charge in [0.1, 0.15) is 5.82 Å². The molecule has 1 aliphatic rings. The summed E-state index contributed by atoms with van der Waals surface area (Å²) in [6.07, 6.45) is 0. The van der Waals surface area contributed by atoms with E-state index in [9.17, 15) is 4.39 Å². The molecule has 1 N–H and O–H groups in total. The predicted octanol–water partition coefficient (Wildman–Crippen LogP) is 2.83.